The topological polar surface area (TPSA) is 7.76 Å². The molecular weight excluding hydrogens is 244 g/mol. The van der Waals surface area contributed by atoms with Gasteiger partial charge in [0.1, 0.15) is 13.6 Å². The van der Waals surface area contributed by atoms with Crippen molar-refractivity contribution >= 4 is 0 Å². The lowest BCUT2D eigenvalue weighted by Gasteiger charge is -2.01. The van der Waals surface area contributed by atoms with Crippen molar-refractivity contribution in [2.75, 3.05) is 0 Å². The molecule has 0 aliphatic carbocycles. The van der Waals surface area contributed by atoms with E-state index in [1.54, 1.807) is 0 Å². The van der Waals surface area contributed by atoms with Gasteiger partial charge in [-0.1, -0.05) is 26.2 Å². The molecule has 0 N–H and O–H groups in total. The van der Waals surface area contributed by atoms with Crippen LogP contribution in [0.25, 0.3) is 11.1 Å². The van der Waals surface area contributed by atoms with Crippen LogP contribution in [0.2, 0.25) is 0 Å². The molecule has 0 saturated carbocycles. The highest BCUT2D eigenvalue weighted by atomic mass is 14.9. The van der Waals surface area contributed by atoms with Crippen LogP contribution in [0.4, 0.5) is 0 Å². The fourth-order valence-corrected chi connectivity index (χ4v) is 2.39. The van der Waals surface area contributed by atoms with Crippen molar-refractivity contribution in [1.29, 1.82) is 0 Å². The van der Waals surface area contributed by atoms with Gasteiger partial charge >= 0.3 is 0 Å². The number of rotatable bonds is 7. The second kappa shape index (κ2) is 7.78. The van der Waals surface area contributed by atoms with Crippen molar-refractivity contribution in [1.82, 2.24) is 0 Å². The molecule has 0 atom stereocenters. The van der Waals surface area contributed by atoms with E-state index in [4.69, 9.17) is 0 Å². The van der Waals surface area contributed by atoms with Crippen LogP contribution in [0.15, 0.2) is 49.1 Å². The lowest BCUT2D eigenvalue weighted by atomic mass is 10.1. The smallest absolute Gasteiger partial charge is 0.169 e. The van der Waals surface area contributed by atoms with E-state index >= 15 is 0 Å². The molecule has 0 aliphatic rings. The first-order valence-electron chi connectivity index (χ1n) is 7.74. The van der Waals surface area contributed by atoms with Gasteiger partial charge in [0, 0.05) is 30.7 Å². The number of pyridine rings is 2. The molecule has 0 spiro atoms. The van der Waals surface area contributed by atoms with Gasteiger partial charge in [-0.15, -0.1) is 0 Å². The normalized spacial score (nSPS) is 10.7. The molecule has 2 rings (SSSR count). The first kappa shape index (κ1) is 14.7. The maximum Gasteiger partial charge on any atom is 0.169 e. The van der Waals surface area contributed by atoms with E-state index < -0.39 is 0 Å². The summed E-state index contributed by atoms with van der Waals surface area (Å²) in [5, 5.41) is 0. The van der Waals surface area contributed by atoms with Gasteiger partial charge in [-0.3, -0.25) is 0 Å². The summed E-state index contributed by atoms with van der Waals surface area (Å²) in [4.78, 5) is 0. The average Bonchev–Trinajstić information content (AvgIpc) is 2.49. The molecule has 0 unspecified atom stereocenters. The van der Waals surface area contributed by atoms with E-state index in [1.807, 2.05) is 7.05 Å². The molecule has 0 fully saturated rings. The predicted octanol–water partition coefficient (Wildman–Crippen LogP) is 3.44. The van der Waals surface area contributed by atoms with Crippen molar-refractivity contribution in [2.24, 2.45) is 7.05 Å². The Morgan fingerprint density at radius 3 is 1.90 bits per heavy atom. The van der Waals surface area contributed by atoms with Crippen LogP contribution < -0.4 is 9.13 Å². The maximum atomic E-state index is 2.29. The van der Waals surface area contributed by atoms with E-state index in [9.17, 15) is 0 Å². The fourth-order valence-electron chi connectivity index (χ4n) is 2.39. The minimum atomic E-state index is 1.13. The molecule has 2 aromatic heterocycles. The van der Waals surface area contributed by atoms with Crippen molar-refractivity contribution in [3.05, 3.63) is 49.1 Å². The quantitative estimate of drug-likeness (QED) is 0.538. The third-order valence-electron chi connectivity index (χ3n) is 3.72. The molecule has 2 aromatic rings. The summed E-state index contributed by atoms with van der Waals surface area (Å²) < 4.78 is 4.35. The summed E-state index contributed by atoms with van der Waals surface area (Å²) in [6, 6.07) is 8.73. The van der Waals surface area contributed by atoms with Crippen molar-refractivity contribution in [2.45, 2.75) is 45.6 Å². The molecule has 2 nitrogen and oxygen atoms in total. The number of aromatic nitrogens is 2. The Hall–Kier alpha value is -1.70. The Balaban J connectivity index is 1.88. The van der Waals surface area contributed by atoms with Gasteiger partial charge in [0.25, 0.3) is 0 Å². The van der Waals surface area contributed by atoms with Crippen LogP contribution in [-0.2, 0) is 13.6 Å². The second-order valence-electron chi connectivity index (χ2n) is 5.49. The molecule has 2 heteroatoms. The zero-order chi connectivity index (χ0) is 14.2. The zero-order valence-corrected chi connectivity index (χ0v) is 12.8. The van der Waals surface area contributed by atoms with Gasteiger partial charge in [-0.05, 0) is 17.5 Å². The van der Waals surface area contributed by atoms with Gasteiger partial charge < -0.3 is 0 Å². The third-order valence-corrected chi connectivity index (χ3v) is 3.72. The number of nitrogens with zero attached hydrogens (tertiary/aromatic N) is 2. The zero-order valence-electron chi connectivity index (χ0n) is 12.8. The number of unbranched alkanes of at least 4 members (excludes halogenated alkanes) is 4. The molecule has 0 saturated heterocycles. The monoisotopic (exact) mass is 270 g/mol. The minimum absolute atomic E-state index is 1.13. The lowest BCUT2D eigenvalue weighted by molar-refractivity contribution is -0.697. The Kier molecular flexibility index (Phi) is 5.72. The average molecular weight is 270 g/mol. The van der Waals surface area contributed by atoms with Gasteiger partial charge in [0.2, 0.25) is 0 Å². The molecular formula is C18H26N2+2. The molecule has 20 heavy (non-hydrogen) atoms. The Bertz CT molecular complexity index is 500. The minimum Gasteiger partial charge on any atom is -0.208 e. The van der Waals surface area contributed by atoms with Crippen molar-refractivity contribution in [3.8, 4) is 11.1 Å². The largest absolute Gasteiger partial charge is 0.208 e. The number of hydrogen-bond acceptors (Lipinski definition) is 0. The molecule has 0 aliphatic heterocycles. The molecule has 0 bridgehead atoms. The SMILES string of the molecule is CCCCCCC[n+]1ccc(-c2cc[n+](C)cc2)cc1. The third kappa shape index (κ3) is 4.44. The van der Waals surface area contributed by atoms with E-state index in [-0.39, 0.29) is 0 Å². The Morgan fingerprint density at radius 2 is 1.30 bits per heavy atom. The highest BCUT2D eigenvalue weighted by Gasteiger charge is 2.04. The summed E-state index contributed by atoms with van der Waals surface area (Å²) >= 11 is 0. The first-order valence-corrected chi connectivity index (χ1v) is 7.74. The van der Waals surface area contributed by atoms with Gasteiger partial charge in [0.05, 0.1) is 0 Å². The van der Waals surface area contributed by atoms with Crippen LogP contribution in [0, 0.1) is 0 Å². The first-order chi connectivity index (χ1) is 9.79. The van der Waals surface area contributed by atoms with E-state index in [1.165, 1.54) is 43.2 Å². The summed E-state index contributed by atoms with van der Waals surface area (Å²) in [6.07, 6.45) is 15.3. The predicted molar refractivity (Wildman–Crippen MR) is 82.0 cm³/mol. The van der Waals surface area contributed by atoms with Crippen LogP contribution in [0.5, 0.6) is 0 Å². The molecule has 106 valence electrons. The fraction of sp³-hybridized carbons (Fsp3) is 0.444. The Morgan fingerprint density at radius 1 is 0.750 bits per heavy atom. The van der Waals surface area contributed by atoms with Crippen molar-refractivity contribution < 1.29 is 9.13 Å². The molecule has 2 heterocycles. The van der Waals surface area contributed by atoms with Crippen LogP contribution in [0.3, 0.4) is 0 Å². The van der Waals surface area contributed by atoms with Crippen LogP contribution in [-0.4, -0.2) is 0 Å². The van der Waals surface area contributed by atoms with E-state index in [0.29, 0.717) is 0 Å². The summed E-state index contributed by atoms with van der Waals surface area (Å²) in [7, 11) is 2.04. The summed E-state index contributed by atoms with van der Waals surface area (Å²) in [6.45, 7) is 3.39. The second-order valence-corrected chi connectivity index (χ2v) is 5.49. The molecule has 0 amide bonds. The lowest BCUT2D eigenvalue weighted by Crippen LogP contribution is -2.32. The van der Waals surface area contributed by atoms with E-state index in [2.05, 4.69) is 65.1 Å². The van der Waals surface area contributed by atoms with Gasteiger partial charge in [0.15, 0.2) is 24.8 Å². The highest BCUT2D eigenvalue weighted by molar-refractivity contribution is 5.60. The maximum absolute atomic E-state index is 2.29. The number of aryl methyl sites for hydroxylation is 2. The van der Waals surface area contributed by atoms with Gasteiger partial charge in [-0.2, -0.15) is 0 Å². The highest BCUT2D eigenvalue weighted by Crippen LogP contribution is 2.15. The standard InChI is InChI=1S/C18H26N2/c1-3-4-5-6-7-12-20-15-10-18(11-16-20)17-8-13-19(2)14-9-17/h8-11,13-16H,3-7,12H2,1-2H3/q+2. The summed E-state index contributed by atoms with van der Waals surface area (Å²) in [5.41, 5.74) is 2.56. The molecule has 0 radical (unpaired) electrons. The van der Waals surface area contributed by atoms with Crippen molar-refractivity contribution in [3.63, 3.8) is 0 Å². The van der Waals surface area contributed by atoms with Crippen LogP contribution >= 0.6 is 0 Å². The number of hydrogen-bond donors (Lipinski definition) is 0. The van der Waals surface area contributed by atoms with E-state index in [0.717, 1.165) is 6.54 Å². The summed E-state index contributed by atoms with van der Waals surface area (Å²) in [5.74, 6) is 0. The van der Waals surface area contributed by atoms with Gasteiger partial charge in [-0.25, -0.2) is 9.13 Å². The van der Waals surface area contributed by atoms with Crippen LogP contribution in [0.1, 0.15) is 39.0 Å². The Labute approximate surface area is 122 Å². The molecule has 0 aromatic carbocycles.